The van der Waals surface area contributed by atoms with Crippen molar-refractivity contribution in [2.75, 3.05) is 5.32 Å². The summed E-state index contributed by atoms with van der Waals surface area (Å²) in [6, 6.07) is 9.43. The highest BCUT2D eigenvalue weighted by Crippen LogP contribution is 2.13. The molecule has 0 saturated heterocycles. The summed E-state index contributed by atoms with van der Waals surface area (Å²) >= 11 is 11.5. The van der Waals surface area contributed by atoms with Crippen LogP contribution in [0.3, 0.4) is 0 Å². The average molecular weight is 339 g/mol. The summed E-state index contributed by atoms with van der Waals surface area (Å²) in [5.74, 6) is -0.806. The molecule has 7 heteroatoms. The molecule has 1 atom stereocenters. The highest BCUT2D eigenvalue weighted by Gasteiger charge is 2.19. The molecule has 0 aliphatic carbocycles. The fourth-order valence-corrected chi connectivity index (χ4v) is 1.88. The van der Waals surface area contributed by atoms with Gasteiger partial charge in [-0.25, -0.2) is 9.78 Å². The van der Waals surface area contributed by atoms with Gasteiger partial charge >= 0.3 is 5.97 Å². The van der Waals surface area contributed by atoms with E-state index in [0.29, 0.717) is 15.9 Å². The Hall–Kier alpha value is -2.11. The first-order valence-corrected chi connectivity index (χ1v) is 7.10. The third kappa shape index (κ3) is 4.44. The molecule has 2 rings (SSSR count). The number of carbonyl (C=O) groups excluding carboxylic acids is 2. The van der Waals surface area contributed by atoms with Gasteiger partial charge in [-0.3, -0.25) is 4.79 Å². The summed E-state index contributed by atoms with van der Waals surface area (Å²) in [5, 5.41) is 3.40. The number of pyridine rings is 1. The van der Waals surface area contributed by atoms with E-state index < -0.39 is 18.0 Å². The lowest BCUT2D eigenvalue weighted by Gasteiger charge is -2.13. The van der Waals surface area contributed by atoms with Gasteiger partial charge in [-0.1, -0.05) is 29.3 Å². The van der Waals surface area contributed by atoms with Crippen LogP contribution in [0.15, 0.2) is 42.6 Å². The van der Waals surface area contributed by atoms with Crippen molar-refractivity contribution < 1.29 is 14.3 Å². The zero-order valence-electron chi connectivity index (χ0n) is 11.5. The molecule has 1 aromatic carbocycles. The smallest absolute Gasteiger partial charge is 0.338 e. The standard InChI is InChI=1S/C15H12Cl2N2O3/c1-9(14(20)19-13-6-5-12(17)8-18-13)22-15(21)10-3-2-4-11(16)7-10/h2-9H,1H3,(H,18,19,20)/t9-/m0/s1. The van der Waals surface area contributed by atoms with Crippen molar-refractivity contribution in [3.05, 3.63) is 58.2 Å². The molecule has 114 valence electrons. The van der Waals surface area contributed by atoms with Crippen molar-refractivity contribution >= 4 is 40.9 Å². The molecule has 0 aliphatic heterocycles. The van der Waals surface area contributed by atoms with Crippen LogP contribution < -0.4 is 5.32 Å². The van der Waals surface area contributed by atoms with Gasteiger partial charge in [0.15, 0.2) is 6.10 Å². The maximum Gasteiger partial charge on any atom is 0.338 e. The van der Waals surface area contributed by atoms with E-state index in [1.165, 1.54) is 19.2 Å². The first-order chi connectivity index (χ1) is 10.5. The summed E-state index contributed by atoms with van der Waals surface area (Å²) in [6.07, 6.45) is 0.420. The Bertz CT molecular complexity index is 689. The number of nitrogens with one attached hydrogen (secondary N) is 1. The number of aromatic nitrogens is 1. The van der Waals surface area contributed by atoms with Gasteiger partial charge in [0, 0.05) is 11.2 Å². The van der Waals surface area contributed by atoms with Crippen molar-refractivity contribution in [3.63, 3.8) is 0 Å². The number of rotatable bonds is 4. The molecule has 1 aromatic heterocycles. The molecule has 1 heterocycles. The van der Waals surface area contributed by atoms with Crippen molar-refractivity contribution in [2.24, 2.45) is 0 Å². The first-order valence-electron chi connectivity index (χ1n) is 6.34. The highest BCUT2D eigenvalue weighted by atomic mass is 35.5. The maximum atomic E-state index is 11.9. The molecule has 22 heavy (non-hydrogen) atoms. The third-order valence-corrected chi connectivity index (χ3v) is 3.15. The van der Waals surface area contributed by atoms with Crippen LogP contribution in [-0.2, 0) is 9.53 Å². The van der Waals surface area contributed by atoms with Crippen molar-refractivity contribution in [1.29, 1.82) is 0 Å². The van der Waals surface area contributed by atoms with Crippen LogP contribution in [-0.4, -0.2) is 23.0 Å². The van der Waals surface area contributed by atoms with Crippen LogP contribution in [0.2, 0.25) is 10.0 Å². The SMILES string of the molecule is C[C@H](OC(=O)c1cccc(Cl)c1)C(=O)Nc1ccc(Cl)cn1. The average Bonchev–Trinajstić information content (AvgIpc) is 2.49. The third-order valence-electron chi connectivity index (χ3n) is 2.69. The molecule has 0 saturated carbocycles. The zero-order valence-corrected chi connectivity index (χ0v) is 13.1. The molecular formula is C15H12Cl2N2O3. The van der Waals surface area contributed by atoms with Crippen molar-refractivity contribution in [3.8, 4) is 0 Å². The molecule has 1 amide bonds. The summed E-state index contributed by atoms with van der Waals surface area (Å²) in [5.41, 5.74) is 0.275. The van der Waals surface area contributed by atoms with Crippen LogP contribution in [0, 0.1) is 0 Å². The zero-order chi connectivity index (χ0) is 16.1. The van der Waals surface area contributed by atoms with Crippen molar-refractivity contribution in [2.45, 2.75) is 13.0 Å². The van der Waals surface area contributed by atoms with E-state index in [4.69, 9.17) is 27.9 Å². The van der Waals surface area contributed by atoms with E-state index >= 15 is 0 Å². The topological polar surface area (TPSA) is 68.3 Å². The number of hydrogen-bond acceptors (Lipinski definition) is 4. The Kier molecular flexibility index (Phi) is 5.35. The number of ether oxygens (including phenoxy) is 1. The molecule has 1 N–H and O–H groups in total. The molecule has 0 aliphatic rings. The molecule has 0 fully saturated rings. The van der Waals surface area contributed by atoms with Gasteiger partial charge in [-0.15, -0.1) is 0 Å². The Morgan fingerprint density at radius 1 is 1.18 bits per heavy atom. The van der Waals surface area contributed by atoms with E-state index in [1.54, 1.807) is 30.3 Å². The minimum atomic E-state index is -0.982. The number of hydrogen-bond donors (Lipinski definition) is 1. The lowest BCUT2D eigenvalue weighted by atomic mass is 10.2. The molecule has 2 aromatic rings. The number of benzene rings is 1. The summed E-state index contributed by atoms with van der Waals surface area (Å²) in [7, 11) is 0. The molecule has 0 radical (unpaired) electrons. The summed E-state index contributed by atoms with van der Waals surface area (Å²) in [6.45, 7) is 1.47. The van der Waals surface area contributed by atoms with E-state index in [-0.39, 0.29) is 5.56 Å². The normalized spacial score (nSPS) is 11.6. The Labute approximate surface area is 137 Å². The number of carbonyl (C=O) groups is 2. The van der Waals surface area contributed by atoms with Crippen LogP contribution in [0.4, 0.5) is 5.82 Å². The summed E-state index contributed by atoms with van der Waals surface area (Å²) in [4.78, 5) is 27.8. The lowest BCUT2D eigenvalue weighted by molar-refractivity contribution is -0.123. The highest BCUT2D eigenvalue weighted by molar-refractivity contribution is 6.31. The van der Waals surface area contributed by atoms with Gasteiger partial charge < -0.3 is 10.1 Å². The minimum absolute atomic E-state index is 0.275. The lowest BCUT2D eigenvalue weighted by Crippen LogP contribution is -2.30. The number of nitrogens with zero attached hydrogens (tertiary/aromatic N) is 1. The predicted octanol–water partition coefficient (Wildman–Crippen LogP) is 3.57. The second-order valence-corrected chi connectivity index (χ2v) is 5.28. The second kappa shape index (κ2) is 7.24. The van der Waals surface area contributed by atoms with Crippen LogP contribution >= 0.6 is 23.2 Å². The van der Waals surface area contributed by atoms with Crippen LogP contribution in [0.1, 0.15) is 17.3 Å². The summed E-state index contributed by atoms with van der Waals surface area (Å²) < 4.78 is 5.09. The molecule has 0 unspecified atom stereocenters. The molecule has 0 spiro atoms. The molecular weight excluding hydrogens is 327 g/mol. The molecule has 0 bridgehead atoms. The van der Waals surface area contributed by atoms with Gasteiger partial charge in [0.2, 0.25) is 0 Å². The number of halogens is 2. The predicted molar refractivity (Wildman–Crippen MR) is 84.2 cm³/mol. The van der Waals surface area contributed by atoms with E-state index in [2.05, 4.69) is 10.3 Å². The second-order valence-electron chi connectivity index (χ2n) is 4.41. The minimum Gasteiger partial charge on any atom is -0.449 e. The van der Waals surface area contributed by atoms with Gasteiger partial charge in [-0.2, -0.15) is 0 Å². The monoisotopic (exact) mass is 338 g/mol. The van der Waals surface area contributed by atoms with Gasteiger partial charge in [0.05, 0.1) is 10.6 Å². The van der Waals surface area contributed by atoms with E-state index in [9.17, 15) is 9.59 Å². The Morgan fingerprint density at radius 2 is 1.95 bits per heavy atom. The van der Waals surface area contributed by atoms with Crippen LogP contribution in [0.5, 0.6) is 0 Å². The van der Waals surface area contributed by atoms with Gasteiger partial charge in [-0.05, 0) is 37.3 Å². The first kappa shape index (κ1) is 16.3. The number of amides is 1. The Balaban J connectivity index is 1.96. The van der Waals surface area contributed by atoms with Gasteiger partial charge in [0.1, 0.15) is 5.82 Å². The van der Waals surface area contributed by atoms with Crippen LogP contribution in [0.25, 0.3) is 0 Å². The fraction of sp³-hybridized carbons (Fsp3) is 0.133. The quantitative estimate of drug-likeness (QED) is 0.865. The van der Waals surface area contributed by atoms with Gasteiger partial charge in [0.25, 0.3) is 5.91 Å². The number of esters is 1. The maximum absolute atomic E-state index is 11.9. The fourth-order valence-electron chi connectivity index (χ4n) is 1.58. The largest absolute Gasteiger partial charge is 0.449 e. The molecule has 5 nitrogen and oxygen atoms in total. The van der Waals surface area contributed by atoms with Crippen molar-refractivity contribution in [1.82, 2.24) is 4.98 Å². The van der Waals surface area contributed by atoms with E-state index in [0.717, 1.165) is 0 Å². The van der Waals surface area contributed by atoms with E-state index in [1.807, 2.05) is 0 Å². The number of anilines is 1. The Morgan fingerprint density at radius 3 is 2.59 bits per heavy atom.